The Morgan fingerprint density at radius 1 is 1.17 bits per heavy atom. The van der Waals surface area contributed by atoms with Crippen LogP contribution in [0.4, 0.5) is 5.82 Å². The van der Waals surface area contributed by atoms with Gasteiger partial charge in [0, 0.05) is 18.0 Å². The van der Waals surface area contributed by atoms with Crippen LogP contribution in [0.1, 0.15) is 12.0 Å². The number of fused-ring (bicyclic) bond motifs is 1. The van der Waals surface area contributed by atoms with E-state index >= 15 is 0 Å². The molecule has 122 valence electrons. The highest BCUT2D eigenvalue weighted by molar-refractivity contribution is 5.91. The Hall–Kier alpha value is -2.66. The van der Waals surface area contributed by atoms with Crippen molar-refractivity contribution in [1.29, 1.82) is 0 Å². The first-order valence-corrected chi connectivity index (χ1v) is 8.25. The van der Waals surface area contributed by atoms with E-state index in [2.05, 4.69) is 15.6 Å². The summed E-state index contributed by atoms with van der Waals surface area (Å²) < 4.78 is 0. The van der Waals surface area contributed by atoms with Gasteiger partial charge in [-0.25, -0.2) is 9.97 Å². The quantitative estimate of drug-likeness (QED) is 0.692. The third-order valence-corrected chi connectivity index (χ3v) is 4.40. The second kappa shape index (κ2) is 6.09. The second-order valence-corrected chi connectivity index (χ2v) is 6.27. The Balaban J connectivity index is 1.85. The van der Waals surface area contributed by atoms with Crippen molar-refractivity contribution in [3.8, 4) is 17.1 Å². The van der Waals surface area contributed by atoms with Crippen LogP contribution in [0, 0.1) is 6.92 Å². The van der Waals surface area contributed by atoms with E-state index in [0.717, 1.165) is 41.8 Å². The molecule has 5 heteroatoms. The molecule has 1 aromatic heterocycles. The van der Waals surface area contributed by atoms with E-state index in [4.69, 9.17) is 4.98 Å². The summed E-state index contributed by atoms with van der Waals surface area (Å²) in [7, 11) is 0. The van der Waals surface area contributed by atoms with Gasteiger partial charge in [-0.3, -0.25) is 0 Å². The fourth-order valence-corrected chi connectivity index (χ4v) is 3.11. The van der Waals surface area contributed by atoms with Crippen molar-refractivity contribution in [3.63, 3.8) is 0 Å². The van der Waals surface area contributed by atoms with Gasteiger partial charge in [0.1, 0.15) is 11.6 Å². The molecule has 1 atom stereocenters. The van der Waals surface area contributed by atoms with Crippen LogP contribution < -0.4 is 10.6 Å². The molecule has 2 aromatic carbocycles. The van der Waals surface area contributed by atoms with Crippen LogP contribution >= 0.6 is 0 Å². The van der Waals surface area contributed by atoms with Gasteiger partial charge in [-0.2, -0.15) is 0 Å². The number of nitrogens with one attached hydrogen (secondary N) is 2. The molecule has 24 heavy (non-hydrogen) atoms. The lowest BCUT2D eigenvalue weighted by molar-refractivity contribution is 0.477. The largest absolute Gasteiger partial charge is 0.507 e. The summed E-state index contributed by atoms with van der Waals surface area (Å²) in [6.07, 6.45) is 1.07. The molecule has 0 saturated carbocycles. The van der Waals surface area contributed by atoms with Gasteiger partial charge in [0.05, 0.1) is 11.1 Å². The highest BCUT2D eigenvalue weighted by Gasteiger charge is 2.18. The molecule has 1 aliphatic heterocycles. The zero-order chi connectivity index (χ0) is 16.5. The first-order chi connectivity index (χ1) is 11.7. The minimum atomic E-state index is 0.198. The molecule has 0 bridgehead atoms. The summed E-state index contributed by atoms with van der Waals surface area (Å²) in [6, 6.07) is 13.8. The zero-order valence-corrected chi connectivity index (χ0v) is 13.6. The second-order valence-electron chi connectivity index (χ2n) is 6.27. The number of benzene rings is 2. The summed E-state index contributed by atoms with van der Waals surface area (Å²) in [5.41, 5.74) is 2.60. The highest BCUT2D eigenvalue weighted by atomic mass is 16.3. The van der Waals surface area contributed by atoms with Gasteiger partial charge in [0.25, 0.3) is 0 Å². The number of hydrogen-bond donors (Lipinski definition) is 3. The maximum Gasteiger partial charge on any atom is 0.165 e. The number of phenols is 1. The zero-order valence-electron chi connectivity index (χ0n) is 13.6. The molecule has 0 unspecified atom stereocenters. The molecule has 1 fully saturated rings. The van der Waals surface area contributed by atoms with E-state index in [1.807, 2.05) is 43.3 Å². The van der Waals surface area contributed by atoms with Gasteiger partial charge in [-0.1, -0.05) is 23.8 Å². The Morgan fingerprint density at radius 2 is 2.04 bits per heavy atom. The van der Waals surface area contributed by atoms with Gasteiger partial charge in [-0.15, -0.1) is 0 Å². The Bertz CT molecular complexity index is 888. The first kappa shape index (κ1) is 14.9. The van der Waals surface area contributed by atoms with E-state index < -0.39 is 0 Å². The maximum atomic E-state index is 10.2. The van der Waals surface area contributed by atoms with Gasteiger partial charge >= 0.3 is 0 Å². The highest BCUT2D eigenvalue weighted by Crippen LogP contribution is 2.31. The molecule has 3 N–H and O–H groups in total. The molecule has 5 nitrogen and oxygen atoms in total. The van der Waals surface area contributed by atoms with Crippen LogP contribution in [-0.4, -0.2) is 34.2 Å². The molecule has 0 aliphatic carbocycles. The van der Waals surface area contributed by atoms with Crippen LogP contribution in [0.25, 0.3) is 22.3 Å². The number of hydrogen-bond acceptors (Lipinski definition) is 5. The normalized spacial score (nSPS) is 17.3. The van der Waals surface area contributed by atoms with Crippen molar-refractivity contribution < 1.29 is 5.11 Å². The number of aromatic nitrogens is 2. The van der Waals surface area contributed by atoms with Crippen LogP contribution in [0.5, 0.6) is 5.75 Å². The van der Waals surface area contributed by atoms with Crippen molar-refractivity contribution in [2.75, 3.05) is 18.4 Å². The van der Waals surface area contributed by atoms with E-state index in [0.29, 0.717) is 17.4 Å². The molecule has 1 aliphatic rings. The molecule has 0 radical (unpaired) electrons. The molecule has 1 saturated heterocycles. The molecular weight excluding hydrogens is 300 g/mol. The van der Waals surface area contributed by atoms with Gasteiger partial charge < -0.3 is 15.7 Å². The van der Waals surface area contributed by atoms with Crippen LogP contribution in [0.3, 0.4) is 0 Å². The number of phenolic OH excluding ortho intramolecular Hbond substituents is 1. The van der Waals surface area contributed by atoms with Gasteiger partial charge in [-0.05, 0) is 44.2 Å². The van der Waals surface area contributed by atoms with Crippen molar-refractivity contribution in [3.05, 3.63) is 48.0 Å². The predicted molar refractivity (Wildman–Crippen MR) is 96.3 cm³/mol. The number of aryl methyl sites for hydroxylation is 1. The van der Waals surface area contributed by atoms with E-state index in [9.17, 15) is 5.11 Å². The third-order valence-electron chi connectivity index (χ3n) is 4.40. The summed E-state index contributed by atoms with van der Waals surface area (Å²) in [5, 5.41) is 18.1. The summed E-state index contributed by atoms with van der Waals surface area (Å²) in [4.78, 5) is 9.38. The summed E-state index contributed by atoms with van der Waals surface area (Å²) in [6.45, 7) is 3.95. The summed E-state index contributed by atoms with van der Waals surface area (Å²) in [5.74, 6) is 1.57. The molecule has 3 aromatic rings. The Labute approximate surface area is 140 Å². The molecular formula is C19H20N4O. The number of rotatable bonds is 3. The lowest BCUT2D eigenvalue weighted by atomic mass is 10.1. The molecule has 2 heterocycles. The summed E-state index contributed by atoms with van der Waals surface area (Å²) >= 11 is 0. The van der Waals surface area contributed by atoms with Crippen LogP contribution in [0.2, 0.25) is 0 Å². The standard InChI is InChI=1S/C19H20N4O/c1-12-6-7-17(24)15(10-12)19-22-16-5-3-2-4-14(16)18(23-19)21-13-8-9-20-11-13/h2-7,10,13,20,24H,8-9,11H2,1H3,(H,21,22,23)/t13-/m0/s1. The van der Waals surface area contributed by atoms with Gasteiger partial charge in [0.2, 0.25) is 0 Å². The van der Waals surface area contributed by atoms with Crippen LogP contribution in [-0.2, 0) is 0 Å². The lowest BCUT2D eigenvalue weighted by Gasteiger charge is -2.15. The molecule has 4 rings (SSSR count). The van der Waals surface area contributed by atoms with Crippen LogP contribution in [0.15, 0.2) is 42.5 Å². The number of para-hydroxylation sites is 1. The topological polar surface area (TPSA) is 70.1 Å². The lowest BCUT2D eigenvalue weighted by Crippen LogP contribution is -2.23. The Kier molecular flexibility index (Phi) is 3.78. The fraction of sp³-hybridized carbons (Fsp3) is 0.263. The van der Waals surface area contributed by atoms with E-state index in [1.165, 1.54) is 0 Å². The fourth-order valence-electron chi connectivity index (χ4n) is 3.11. The minimum Gasteiger partial charge on any atom is -0.507 e. The average Bonchev–Trinajstić information content (AvgIpc) is 3.10. The van der Waals surface area contributed by atoms with Gasteiger partial charge in [0.15, 0.2) is 5.82 Å². The monoisotopic (exact) mass is 320 g/mol. The average molecular weight is 320 g/mol. The smallest absolute Gasteiger partial charge is 0.165 e. The first-order valence-electron chi connectivity index (χ1n) is 8.25. The number of nitrogens with zero attached hydrogens (tertiary/aromatic N) is 2. The van der Waals surface area contributed by atoms with E-state index in [-0.39, 0.29) is 5.75 Å². The van der Waals surface area contributed by atoms with E-state index in [1.54, 1.807) is 6.07 Å². The number of aromatic hydroxyl groups is 1. The molecule has 0 spiro atoms. The maximum absolute atomic E-state index is 10.2. The number of anilines is 1. The van der Waals surface area contributed by atoms with Crippen molar-refractivity contribution in [1.82, 2.24) is 15.3 Å². The van der Waals surface area contributed by atoms with Crippen molar-refractivity contribution in [2.24, 2.45) is 0 Å². The minimum absolute atomic E-state index is 0.198. The SMILES string of the molecule is Cc1ccc(O)c(-c2nc(N[C@H]3CCNC3)c3ccccc3n2)c1. The predicted octanol–water partition coefficient (Wildman–Crippen LogP) is 3.08. The molecule has 0 amide bonds. The van der Waals surface area contributed by atoms with Crippen molar-refractivity contribution >= 4 is 16.7 Å². The Morgan fingerprint density at radius 3 is 2.88 bits per heavy atom. The third kappa shape index (κ3) is 2.78. The van der Waals surface area contributed by atoms with Crippen molar-refractivity contribution in [2.45, 2.75) is 19.4 Å².